The zero-order chi connectivity index (χ0) is 21.3. The lowest BCUT2D eigenvalue weighted by atomic mass is 10.1. The molecule has 0 aliphatic carbocycles. The summed E-state index contributed by atoms with van der Waals surface area (Å²) in [6, 6.07) is 18.8. The van der Waals surface area contributed by atoms with Gasteiger partial charge in [-0.05, 0) is 64.1 Å². The van der Waals surface area contributed by atoms with Crippen molar-refractivity contribution in [3.05, 3.63) is 86.9 Å². The van der Waals surface area contributed by atoms with Crippen molar-refractivity contribution in [3.8, 4) is 17.6 Å². The summed E-state index contributed by atoms with van der Waals surface area (Å²) in [5.74, 6) is 1.27. The topological polar surface area (TPSA) is 84.5 Å². The smallest absolute Gasteiger partial charge is 0.262 e. The highest BCUT2D eigenvalue weighted by molar-refractivity contribution is 14.1. The van der Waals surface area contributed by atoms with Crippen LogP contribution in [0.4, 0.5) is 0 Å². The molecule has 0 bridgehead atoms. The fourth-order valence-corrected chi connectivity index (χ4v) is 3.47. The molecule has 0 unspecified atom stereocenters. The maximum atomic E-state index is 12.3. The van der Waals surface area contributed by atoms with E-state index in [0.717, 1.165) is 9.13 Å². The molecule has 1 amide bonds. The van der Waals surface area contributed by atoms with Gasteiger partial charge in [0.05, 0.1) is 23.5 Å². The third-order valence-corrected chi connectivity index (χ3v) is 4.96. The van der Waals surface area contributed by atoms with Gasteiger partial charge < -0.3 is 19.2 Å². The Bertz CT molecular complexity index is 1070. The predicted octanol–water partition coefficient (Wildman–Crippen LogP) is 4.70. The molecular formula is C23H19IN2O4. The van der Waals surface area contributed by atoms with E-state index in [9.17, 15) is 10.1 Å². The standard InChI is InChI=1S/C23H19IN2O4/c1-28-21-12-17(10-18(13-25)23(27)26-14-19-8-5-9-29-19)11-20(24)22(21)30-15-16-6-3-2-4-7-16/h2-12H,14-15H2,1H3,(H,26,27)/b18-10+. The number of carbonyl (C=O) groups excluding carboxylic acids is 1. The molecule has 1 N–H and O–H groups in total. The van der Waals surface area contributed by atoms with Crippen LogP contribution >= 0.6 is 22.6 Å². The zero-order valence-electron chi connectivity index (χ0n) is 16.2. The molecule has 1 aromatic heterocycles. The molecule has 7 heteroatoms. The Kier molecular flexibility index (Phi) is 7.51. The average molecular weight is 514 g/mol. The Labute approximate surface area is 188 Å². The van der Waals surface area contributed by atoms with E-state index in [0.29, 0.717) is 29.4 Å². The van der Waals surface area contributed by atoms with Crippen LogP contribution < -0.4 is 14.8 Å². The average Bonchev–Trinajstić information content (AvgIpc) is 3.29. The minimum Gasteiger partial charge on any atom is -0.493 e. The molecule has 0 saturated carbocycles. The van der Waals surface area contributed by atoms with E-state index in [2.05, 4.69) is 27.9 Å². The van der Waals surface area contributed by atoms with Gasteiger partial charge in [-0.25, -0.2) is 0 Å². The SMILES string of the molecule is COc1cc(/C=C(\C#N)C(=O)NCc2ccco2)cc(I)c1OCc1ccccc1. The van der Waals surface area contributed by atoms with E-state index >= 15 is 0 Å². The van der Waals surface area contributed by atoms with Gasteiger partial charge in [0.2, 0.25) is 0 Å². The summed E-state index contributed by atoms with van der Waals surface area (Å²) in [5, 5.41) is 12.1. The molecule has 0 radical (unpaired) electrons. The number of hydrogen-bond donors (Lipinski definition) is 1. The fraction of sp³-hybridized carbons (Fsp3) is 0.130. The fourth-order valence-electron chi connectivity index (χ4n) is 2.68. The van der Waals surface area contributed by atoms with E-state index in [1.165, 1.54) is 12.3 Å². The van der Waals surface area contributed by atoms with Crippen molar-refractivity contribution in [1.82, 2.24) is 5.32 Å². The molecule has 2 aromatic carbocycles. The molecule has 30 heavy (non-hydrogen) atoms. The lowest BCUT2D eigenvalue weighted by Gasteiger charge is -2.14. The van der Waals surface area contributed by atoms with Crippen LogP contribution in [0.15, 0.2) is 70.9 Å². The van der Waals surface area contributed by atoms with Crippen molar-refractivity contribution in [2.75, 3.05) is 7.11 Å². The molecule has 0 spiro atoms. The number of nitrogens with zero attached hydrogens (tertiary/aromatic N) is 1. The second-order valence-corrected chi connectivity index (χ2v) is 7.40. The summed E-state index contributed by atoms with van der Waals surface area (Å²) >= 11 is 2.15. The Morgan fingerprint density at radius 2 is 2.03 bits per heavy atom. The van der Waals surface area contributed by atoms with Gasteiger partial charge in [0.1, 0.15) is 24.0 Å². The summed E-state index contributed by atoms with van der Waals surface area (Å²) in [6.45, 7) is 0.610. The summed E-state index contributed by atoms with van der Waals surface area (Å²) < 4.78 is 17.4. The van der Waals surface area contributed by atoms with Gasteiger partial charge in [0.15, 0.2) is 11.5 Å². The number of nitriles is 1. The van der Waals surface area contributed by atoms with Crippen LogP contribution in [0.2, 0.25) is 0 Å². The minimum atomic E-state index is -0.479. The lowest BCUT2D eigenvalue weighted by molar-refractivity contribution is -0.117. The molecule has 0 saturated heterocycles. The molecule has 6 nitrogen and oxygen atoms in total. The number of nitrogens with one attached hydrogen (secondary N) is 1. The van der Waals surface area contributed by atoms with Crippen molar-refractivity contribution >= 4 is 34.6 Å². The molecule has 0 fully saturated rings. The van der Waals surface area contributed by atoms with Crippen LogP contribution in [0, 0.1) is 14.9 Å². The van der Waals surface area contributed by atoms with Gasteiger partial charge in [-0.2, -0.15) is 5.26 Å². The second-order valence-electron chi connectivity index (χ2n) is 6.24. The number of benzene rings is 2. The third kappa shape index (κ3) is 5.64. The van der Waals surface area contributed by atoms with Crippen LogP contribution in [-0.4, -0.2) is 13.0 Å². The van der Waals surface area contributed by atoms with Gasteiger partial charge in [-0.3, -0.25) is 4.79 Å². The van der Waals surface area contributed by atoms with Gasteiger partial charge in [0, 0.05) is 0 Å². The van der Waals surface area contributed by atoms with Gasteiger partial charge in [0.25, 0.3) is 5.91 Å². The highest BCUT2D eigenvalue weighted by Crippen LogP contribution is 2.35. The Balaban J connectivity index is 1.76. The van der Waals surface area contributed by atoms with E-state index in [-0.39, 0.29) is 12.1 Å². The molecule has 0 aliphatic rings. The van der Waals surface area contributed by atoms with Gasteiger partial charge >= 0.3 is 0 Å². The summed E-state index contributed by atoms with van der Waals surface area (Å²) in [5.41, 5.74) is 1.68. The van der Waals surface area contributed by atoms with Crippen LogP contribution in [0.25, 0.3) is 6.08 Å². The second kappa shape index (κ2) is 10.5. The molecule has 1 heterocycles. The Morgan fingerprint density at radius 1 is 1.23 bits per heavy atom. The van der Waals surface area contributed by atoms with E-state index in [1.807, 2.05) is 42.5 Å². The number of methoxy groups -OCH3 is 1. The highest BCUT2D eigenvalue weighted by Gasteiger charge is 2.14. The summed E-state index contributed by atoms with van der Waals surface area (Å²) in [7, 11) is 1.55. The van der Waals surface area contributed by atoms with Gasteiger partial charge in [-0.1, -0.05) is 30.3 Å². The van der Waals surface area contributed by atoms with Crippen LogP contribution in [0.1, 0.15) is 16.9 Å². The first-order valence-corrected chi connectivity index (χ1v) is 10.1. The first kappa shape index (κ1) is 21.5. The van der Waals surface area contributed by atoms with Crippen molar-refractivity contribution in [2.45, 2.75) is 13.2 Å². The number of furan rings is 1. The number of halogens is 1. The first-order valence-electron chi connectivity index (χ1n) is 9.07. The highest BCUT2D eigenvalue weighted by atomic mass is 127. The largest absolute Gasteiger partial charge is 0.493 e. The normalized spacial score (nSPS) is 10.9. The number of rotatable bonds is 8. The number of hydrogen-bond acceptors (Lipinski definition) is 5. The maximum Gasteiger partial charge on any atom is 0.262 e. The van der Waals surface area contributed by atoms with Crippen molar-refractivity contribution in [3.63, 3.8) is 0 Å². The maximum absolute atomic E-state index is 12.3. The molecule has 3 aromatic rings. The van der Waals surface area contributed by atoms with Crippen molar-refractivity contribution in [1.29, 1.82) is 5.26 Å². The number of amides is 1. The molecule has 0 atom stereocenters. The summed E-state index contributed by atoms with van der Waals surface area (Å²) in [4.78, 5) is 12.3. The quantitative estimate of drug-likeness (QED) is 0.268. The Morgan fingerprint density at radius 3 is 2.70 bits per heavy atom. The number of carbonyl (C=O) groups is 1. The van der Waals surface area contributed by atoms with Crippen LogP contribution in [0.5, 0.6) is 11.5 Å². The molecular weight excluding hydrogens is 495 g/mol. The molecule has 152 valence electrons. The third-order valence-electron chi connectivity index (χ3n) is 4.16. The molecule has 0 aliphatic heterocycles. The predicted molar refractivity (Wildman–Crippen MR) is 121 cm³/mol. The monoisotopic (exact) mass is 514 g/mol. The van der Waals surface area contributed by atoms with E-state index in [1.54, 1.807) is 25.3 Å². The van der Waals surface area contributed by atoms with E-state index < -0.39 is 5.91 Å². The summed E-state index contributed by atoms with van der Waals surface area (Å²) in [6.07, 6.45) is 3.04. The zero-order valence-corrected chi connectivity index (χ0v) is 18.4. The van der Waals surface area contributed by atoms with Gasteiger partial charge in [-0.15, -0.1) is 0 Å². The first-order chi connectivity index (χ1) is 14.6. The lowest BCUT2D eigenvalue weighted by Crippen LogP contribution is -2.23. The molecule has 3 rings (SSSR count). The minimum absolute atomic E-state index is 0.0163. The number of ether oxygens (including phenoxy) is 2. The van der Waals surface area contributed by atoms with E-state index in [4.69, 9.17) is 13.9 Å². The van der Waals surface area contributed by atoms with Crippen molar-refractivity contribution < 1.29 is 18.7 Å². The van der Waals surface area contributed by atoms with Crippen LogP contribution in [0.3, 0.4) is 0 Å². The Hall–Kier alpha value is -3.25. The van der Waals surface area contributed by atoms with Crippen molar-refractivity contribution in [2.24, 2.45) is 0 Å². The van der Waals surface area contributed by atoms with Crippen LogP contribution in [-0.2, 0) is 17.9 Å².